The largest absolute Gasteiger partial charge is 0.490 e. The Bertz CT molecular complexity index is 2210. The first-order valence-electron chi connectivity index (χ1n) is 21.9. The Labute approximate surface area is 377 Å². The number of rotatable bonds is 16. The van der Waals surface area contributed by atoms with Crippen LogP contribution in [0.5, 0.6) is 11.5 Å². The minimum Gasteiger partial charge on any atom is -0.490 e. The number of ether oxygens (including phenoxy) is 4. The number of likely N-dealkylation sites (tertiary alicyclic amines) is 1. The standard InChI is InChI=1S/C45H60ClN7O9S/c1-9-27-18-45(27,42(56)57)51-40(54)34-16-30(19-53(34)41(55)38(23(2)3)50-44(58)62-29-14-25(6)26(7)15-29)61-36-17-32(33-22-63-43(49-33)47-24(4)5)48-39-31(36)10-11-35(37(39)46)60-21-28-20-59-13-12-52(28)8/h10-11,17,22,24-30,34,38H,2,9,12-16,18-21H2,1,3-8H3,(H,47,49)(H,50,58)(H,51,54)(H,56,57)/t25-,26?,27-,28+,29?,30-,34+,38+,45-/m1/s1. The number of nitrogens with one attached hydrogen (secondary N) is 3. The fourth-order valence-corrected chi connectivity index (χ4v) is 9.97. The number of nitrogens with zero attached hydrogens (tertiary/aromatic N) is 4. The highest BCUT2D eigenvalue weighted by Crippen LogP contribution is 2.46. The van der Waals surface area contributed by atoms with Crippen LogP contribution in [0.3, 0.4) is 0 Å². The predicted molar refractivity (Wildman–Crippen MR) is 240 cm³/mol. The van der Waals surface area contributed by atoms with E-state index >= 15 is 0 Å². The Morgan fingerprint density at radius 2 is 1.84 bits per heavy atom. The first-order chi connectivity index (χ1) is 30.0. The molecule has 2 saturated carbocycles. The van der Waals surface area contributed by atoms with Crippen LogP contribution in [0.1, 0.15) is 73.6 Å². The number of carbonyl (C=O) groups is 4. The molecule has 0 spiro atoms. The molecule has 2 unspecified atom stereocenters. The number of hydrogen-bond donors (Lipinski definition) is 4. The van der Waals surface area contributed by atoms with Crippen LogP contribution < -0.4 is 25.4 Å². The van der Waals surface area contributed by atoms with Crippen molar-refractivity contribution in [2.45, 2.75) is 116 Å². The Morgan fingerprint density at radius 3 is 2.49 bits per heavy atom. The highest BCUT2D eigenvalue weighted by atomic mass is 35.5. The van der Waals surface area contributed by atoms with E-state index in [1.807, 2.05) is 39.3 Å². The summed E-state index contributed by atoms with van der Waals surface area (Å²) in [6, 6.07) is 3.14. The van der Waals surface area contributed by atoms with E-state index in [0.29, 0.717) is 95.4 Å². The molecule has 0 radical (unpaired) electrons. The number of pyridine rings is 1. The molecule has 16 nitrogen and oxygen atoms in total. The summed E-state index contributed by atoms with van der Waals surface area (Å²) in [7, 11) is 2.03. The third-order valence-electron chi connectivity index (χ3n) is 13.0. The molecular formula is C45H60ClN7O9S. The van der Waals surface area contributed by atoms with Gasteiger partial charge in [-0.25, -0.2) is 19.6 Å². The fraction of sp³-hybridized carbons (Fsp3) is 0.600. The molecule has 7 rings (SSSR count). The molecule has 2 aromatic heterocycles. The Morgan fingerprint density at radius 1 is 1.10 bits per heavy atom. The molecule has 2 aliphatic heterocycles. The number of halogens is 1. The number of carbonyl (C=O) groups excluding carboxylic acids is 3. The zero-order valence-electron chi connectivity index (χ0n) is 37.1. The number of aromatic nitrogens is 2. The molecule has 4 aliphatic rings. The second-order valence-corrected chi connectivity index (χ2v) is 19.3. The number of carboxylic acid groups (broad SMARTS) is 1. The number of carboxylic acids is 1. The number of alkyl carbamates (subject to hydrolysis) is 1. The van der Waals surface area contributed by atoms with Gasteiger partial charge in [0.25, 0.3) is 0 Å². The van der Waals surface area contributed by atoms with Gasteiger partial charge in [-0.15, -0.1) is 11.3 Å². The van der Waals surface area contributed by atoms with E-state index in [4.69, 9.17) is 40.5 Å². The highest BCUT2D eigenvalue weighted by Gasteiger charge is 2.61. The smallest absolute Gasteiger partial charge is 0.408 e. The van der Waals surface area contributed by atoms with Crippen LogP contribution in [-0.4, -0.2) is 131 Å². The van der Waals surface area contributed by atoms with Crippen molar-refractivity contribution < 1.29 is 43.2 Å². The molecule has 18 heteroatoms. The van der Waals surface area contributed by atoms with Crippen molar-refractivity contribution in [2.24, 2.45) is 17.8 Å². The number of aliphatic carboxylic acids is 1. The van der Waals surface area contributed by atoms with Crippen molar-refractivity contribution in [3.8, 4) is 22.9 Å². The number of hydrogen-bond acceptors (Lipinski definition) is 13. The average molecular weight is 911 g/mol. The van der Waals surface area contributed by atoms with Crippen LogP contribution in [0.4, 0.5) is 9.93 Å². The van der Waals surface area contributed by atoms with Crippen LogP contribution in [0.15, 0.2) is 35.7 Å². The van der Waals surface area contributed by atoms with Crippen LogP contribution in [0.25, 0.3) is 22.3 Å². The van der Waals surface area contributed by atoms with Crippen LogP contribution in [0.2, 0.25) is 5.02 Å². The summed E-state index contributed by atoms with van der Waals surface area (Å²) >= 11 is 8.55. The maximum Gasteiger partial charge on any atom is 0.408 e. The quantitative estimate of drug-likeness (QED) is 0.116. The second-order valence-electron chi connectivity index (χ2n) is 18.1. The van der Waals surface area contributed by atoms with Gasteiger partial charge in [0.15, 0.2) is 5.13 Å². The van der Waals surface area contributed by atoms with E-state index < -0.39 is 47.6 Å². The summed E-state index contributed by atoms with van der Waals surface area (Å²) in [6.45, 7) is 18.0. The summed E-state index contributed by atoms with van der Waals surface area (Å²) in [5.74, 6) is -1.03. The number of likely N-dealkylation sites (N-methyl/N-ethyl adjacent to an activating group) is 1. The van der Waals surface area contributed by atoms with Gasteiger partial charge in [0.05, 0.1) is 37.0 Å². The van der Waals surface area contributed by atoms with Crippen molar-refractivity contribution in [1.29, 1.82) is 0 Å². The zero-order chi connectivity index (χ0) is 45.3. The lowest BCUT2D eigenvalue weighted by molar-refractivity contribution is -0.145. The zero-order valence-corrected chi connectivity index (χ0v) is 38.6. The van der Waals surface area contributed by atoms with Gasteiger partial charge < -0.3 is 44.9 Å². The number of fused-ring (bicyclic) bond motifs is 1. The van der Waals surface area contributed by atoms with Crippen LogP contribution in [0, 0.1) is 17.8 Å². The van der Waals surface area contributed by atoms with Crippen molar-refractivity contribution >= 4 is 62.8 Å². The third-order valence-corrected chi connectivity index (χ3v) is 14.1. The molecule has 4 fully saturated rings. The number of thiazole rings is 1. The maximum absolute atomic E-state index is 14.6. The van der Waals surface area contributed by atoms with Gasteiger partial charge in [0, 0.05) is 35.8 Å². The van der Waals surface area contributed by atoms with E-state index in [2.05, 4.69) is 41.3 Å². The van der Waals surface area contributed by atoms with Crippen molar-refractivity contribution in [3.63, 3.8) is 0 Å². The average Bonchev–Trinajstić information content (AvgIpc) is 3.47. The number of benzene rings is 1. The number of amides is 3. The summed E-state index contributed by atoms with van der Waals surface area (Å²) < 4.78 is 24.5. The van der Waals surface area contributed by atoms with Crippen LogP contribution in [-0.2, 0) is 23.9 Å². The molecule has 4 N–H and O–H groups in total. The van der Waals surface area contributed by atoms with Gasteiger partial charge >= 0.3 is 12.1 Å². The molecule has 1 aromatic carbocycles. The van der Waals surface area contributed by atoms with E-state index in [0.717, 1.165) is 6.54 Å². The summed E-state index contributed by atoms with van der Waals surface area (Å²) in [5.41, 5.74) is 0.354. The lowest BCUT2D eigenvalue weighted by atomic mass is 10.0. The molecule has 63 heavy (non-hydrogen) atoms. The molecule has 4 heterocycles. The molecule has 2 aliphatic carbocycles. The molecule has 3 aromatic rings. The summed E-state index contributed by atoms with van der Waals surface area (Å²) in [6.07, 6.45) is 0.467. The molecule has 9 atom stereocenters. The Kier molecular flexibility index (Phi) is 14.1. The van der Waals surface area contributed by atoms with E-state index in [1.165, 1.54) is 16.2 Å². The normalized spacial score (nSPS) is 27.5. The SMILES string of the molecule is C=C(C)[C@H](NC(=O)OC1CC(C)[C@H](C)C1)C(=O)N1C[C@H](Oc2cc(-c3csc(NC(C)C)n3)nc3c(Cl)c(OC[C@@H]4COCCN4C)ccc23)C[C@H]1C(=O)N[C@]1(C(=O)O)C[C@H]1CC. The molecule has 3 amide bonds. The van der Waals surface area contributed by atoms with Crippen molar-refractivity contribution in [1.82, 2.24) is 30.4 Å². The summed E-state index contributed by atoms with van der Waals surface area (Å²) in [5, 5.41) is 22.5. The summed E-state index contributed by atoms with van der Waals surface area (Å²) in [4.78, 5) is 67.9. The predicted octanol–water partition coefficient (Wildman–Crippen LogP) is 6.36. The second kappa shape index (κ2) is 19.2. The first kappa shape index (κ1) is 46.3. The van der Waals surface area contributed by atoms with Gasteiger partial charge in [-0.2, -0.15) is 0 Å². The van der Waals surface area contributed by atoms with Gasteiger partial charge in [-0.05, 0) is 82.5 Å². The monoisotopic (exact) mass is 909 g/mol. The Balaban J connectivity index is 1.20. The fourth-order valence-electron chi connectivity index (χ4n) is 8.85. The maximum atomic E-state index is 14.6. The minimum absolute atomic E-state index is 0.0134. The third kappa shape index (κ3) is 10.2. The van der Waals surface area contributed by atoms with Gasteiger partial charge in [-0.3, -0.25) is 14.5 Å². The van der Waals surface area contributed by atoms with E-state index in [9.17, 15) is 24.3 Å². The highest BCUT2D eigenvalue weighted by molar-refractivity contribution is 7.14. The Hall–Kier alpha value is -4.71. The van der Waals surface area contributed by atoms with Crippen molar-refractivity contribution in [2.75, 3.05) is 45.3 Å². The van der Waals surface area contributed by atoms with E-state index in [1.54, 1.807) is 19.1 Å². The van der Waals surface area contributed by atoms with Crippen LogP contribution >= 0.6 is 22.9 Å². The van der Waals surface area contributed by atoms with Crippen molar-refractivity contribution in [3.05, 3.63) is 40.8 Å². The van der Waals surface area contributed by atoms with Gasteiger partial charge in [0.1, 0.15) is 58.7 Å². The lowest BCUT2D eigenvalue weighted by Crippen LogP contribution is -2.56. The van der Waals surface area contributed by atoms with Gasteiger partial charge in [-0.1, -0.05) is 45.4 Å². The molecular weight excluding hydrogens is 850 g/mol. The molecule has 2 saturated heterocycles. The number of morpholine rings is 1. The lowest BCUT2D eigenvalue weighted by Gasteiger charge is -2.32. The first-order valence-corrected chi connectivity index (χ1v) is 23.1. The topological polar surface area (TPSA) is 194 Å². The molecule has 0 bridgehead atoms. The van der Waals surface area contributed by atoms with Gasteiger partial charge in [0.2, 0.25) is 11.8 Å². The number of anilines is 1. The van der Waals surface area contributed by atoms with E-state index in [-0.39, 0.29) is 48.5 Å². The minimum atomic E-state index is -1.44. The molecule has 342 valence electrons.